The summed E-state index contributed by atoms with van der Waals surface area (Å²) in [6, 6.07) is -0.499. The molecule has 0 saturated heterocycles. The molecule has 1 unspecified atom stereocenters. The molecule has 0 aliphatic heterocycles. The molecule has 0 aliphatic carbocycles. The fourth-order valence-electron chi connectivity index (χ4n) is 1.55. The third-order valence-electron chi connectivity index (χ3n) is 2.66. The Labute approximate surface area is 105 Å². The van der Waals surface area contributed by atoms with Crippen LogP contribution in [0.5, 0.6) is 0 Å². The van der Waals surface area contributed by atoms with Crippen LogP contribution in [0.2, 0.25) is 0 Å². The number of nitrogens with two attached hydrogens (primary N) is 1. The van der Waals surface area contributed by atoms with Crippen molar-refractivity contribution < 1.29 is 14.3 Å². The third kappa shape index (κ3) is 10.3. The molecule has 4 nitrogen and oxygen atoms in total. The van der Waals surface area contributed by atoms with E-state index in [0.717, 1.165) is 19.3 Å². The van der Waals surface area contributed by atoms with E-state index < -0.39 is 6.04 Å². The molecule has 2 N–H and O–H groups in total. The molecular weight excluding hydrogens is 218 g/mol. The van der Waals surface area contributed by atoms with E-state index in [1.54, 1.807) is 7.11 Å². The highest BCUT2D eigenvalue weighted by Gasteiger charge is 2.13. The van der Waals surface area contributed by atoms with Crippen molar-refractivity contribution in [2.24, 2.45) is 5.73 Å². The van der Waals surface area contributed by atoms with Crippen molar-refractivity contribution in [1.29, 1.82) is 0 Å². The number of hydrogen-bond acceptors (Lipinski definition) is 4. The van der Waals surface area contributed by atoms with Gasteiger partial charge in [0.1, 0.15) is 6.04 Å². The summed E-state index contributed by atoms with van der Waals surface area (Å²) < 4.78 is 10.0. The lowest BCUT2D eigenvalue weighted by molar-refractivity contribution is -0.145. The lowest BCUT2D eigenvalue weighted by atomic mass is 10.1. The van der Waals surface area contributed by atoms with Gasteiger partial charge in [-0.1, -0.05) is 32.6 Å². The van der Waals surface area contributed by atoms with Gasteiger partial charge in [-0.25, -0.2) is 0 Å². The molecule has 0 rings (SSSR count). The first-order valence-electron chi connectivity index (χ1n) is 6.63. The van der Waals surface area contributed by atoms with Crippen LogP contribution in [0.1, 0.15) is 51.9 Å². The highest BCUT2D eigenvalue weighted by Crippen LogP contribution is 2.03. The van der Waals surface area contributed by atoms with Gasteiger partial charge in [0.15, 0.2) is 0 Å². The Morgan fingerprint density at radius 3 is 2.47 bits per heavy atom. The van der Waals surface area contributed by atoms with Gasteiger partial charge in [-0.05, 0) is 19.3 Å². The predicted molar refractivity (Wildman–Crippen MR) is 68.8 cm³/mol. The molecule has 17 heavy (non-hydrogen) atoms. The van der Waals surface area contributed by atoms with E-state index in [1.807, 2.05) is 0 Å². The molecule has 0 fully saturated rings. The van der Waals surface area contributed by atoms with E-state index in [1.165, 1.54) is 19.3 Å². The molecule has 0 spiro atoms. The summed E-state index contributed by atoms with van der Waals surface area (Å²) in [7, 11) is 1.64. The molecule has 102 valence electrons. The molecule has 0 radical (unpaired) electrons. The molecule has 0 aromatic rings. The number of methoxy groups -OCH3 is 1. The third-order valence-corrected chi connectivity index (χ3v) is 2.66. The Balaban J connectivity index is 3.37. The lowest BCUT2D eigenvalue weighted by Crippen LogP contribution is -2.32. The minimum atomic E-state index is -0.499. The Bertz CT molecular complexity index is 186. The summed E-state index contributed by atoms with van der Waals surface area (Å²) in [5.41, 5.74) is 5.69. The molecule has 1 atom stereocenters. The Morgan fingerprint density at radius 2 is 1.82 bits per heavy atom. The van der Waals surface area contributed by atoms with Crippen LogP contribution in [0.3, 0.4) is 0 Å². The zero-order valence-electron chi connectivity index (χ0n) is 11.2. The quantitative estimate of drug-likeness (QED) is 0.448. The number of unbranched alkanes of at least 4 members (excludes halogenated alkanes) is 4. The zero-order chi connectivity index (χ0) is 12.9. The van der Waals surface area contributed by atoms with Gasteiger partial charge in [0, 0.05) is 13.7 Å². The van der Waals surface area contributed by atoms with Crippen molar-refractivity contribution >= 4 is 5.97 Å². The SMILES string of the molecule is CCCCCCCOC(=O)C(N)CCCOC. The highest BCUT2D eigenvalue weighted by atomic mass is 16.5. The topological polar surface area (TPSA) is 61.5 Å². The number of carbonyl (C=O) groups excluding carboxylic acids is 1. The van der Waals surface area contributed by atoms with Crippen LogP contribution in [0.25, 0.3) is 0 Å². The smallest absolute Gasteiger partial charge is 0.322 e. The van der Waals surface area contributed by atoms with Crippen molar-refractivity contribution in [3.05, 3.63) is 0 Å². The van der Waals surface area contributed by atoms with Crippen molar-refractivity contribution in [2.75, 3.05) is 20.3 Å². The average Bonchev–Trinajstić information content (AvgIpc) is 2.33. The van der Waals surface area contributed by atoms with Gasteiger partial charge in [0.2, 0.25) is 0 Å². The van der Waals surface area contributed by atoms with Crippen molar-refractivity contribution in [1.82, 2.24) is 0 Å². The molecule has 0 heterocycles. The van der Waals surface area contributed by atoms with Crippen molar-refractivity contribution in [3.63, 3.8) is 0 Å². The number of ether oxygens (including phenoxy) is 2. The van der Waals surface area contributed by atoms with Crippen LogP contribution >= 0.6 is 0 Å². The lowest BCUT2D eigenvalue weighted by Gasteiger charge is -2.11. The van der Waals surface area contributed by atoms with Gasteiger partial charge in [-0.15, -0.1) is 0 Å². The Hall–Kier alpha value is -0.610. The van der Waals surface area contributed by atoms with Crippen LogP contribution in [-0.2, 0) is 14.3 Å². The second kappa shape index (κ2) is 11.9. The minimum absolute atomic E-state index is 0.281. The molecule has 0 saturated carbocycles. The van der Waals surface area contributed by atoms with Crippen LogP contribution in [0.15, 0.2) is 0 Å². The van der Waals surface area contributed by atoms with Gasteiger partial charge in [-0.3, -0.25) is 4.79 Å². The maximum Gasteiger partial charge on any atom is 0.322 e. The van der Waals surface area contributed by atoms with E-state index in [0.29, 0.717) is 19.6 Å². The summed E-state index contributed by atoms with van der Waals surface area (Å²) in [6.07, 6.45) is 7.19. The van der Waals surface area contributed by atoms with Gasteiger partial charge >= 0.3 is 5.97 Å². The summed E-state index contributed by atoms with van der Waals surface area (Å²) in [5.74, 6) is -0.281. The molecule has 0 bridgehead atoms. The molecule has 4 heteroatoms. The summed E-state index contributed by atoms with van der Waals surface area (Å²) in [5, 5.41) is 0. The van der Waals surface area contributed by atoms with Crippen molar-refractivity contribution in [3.8, 4) is 0 Å². The van der Waals surface area contributed by atoms with Crippen LogP contribution in [0, 0.1) is 0 Å². The highest BCUT2D eigenvalue weighted by molar-refractivity contribution is 5.75. The van der Waals surface area contributed by atoms with Gasteiger partial charge < -0.3 is 15.2 Å². The second-order valence-corrected chi connectivity index (χ2v) is 4.32. The Morgan fingerprint density at radius 1 is 1.12 bits per heavy atom. The number of carbonyl (C=O) groups is 1. The van der Waals surface area contributed by atoms with E-state index in [2.05, 4.69) is 6.92 Å². The predicted octanol–water partition coefficient (Wildman–Crippen LogP) is 2.25. The summed E-state index contributed by atoms with van der Waals surface area (Å²) in [6.45, 7) is 3.32. The van der Waals surface area contributed by atoms with E-state index >= 15 is 0 Å². The molecule has 0 aliphatic rings. The molecule has 0 aromatic carbocycles. The maximum atomic E-state index is 11.4. The standard InChI is InChI=1S/C13H27NO3/c1-3-4-5-6-7-11-17-13(15)12(14)9-8-10-16-2/h12H,3-11,14H2,1-2H3. The summed E-state index contributed by atoms with van der Waals surface area (Å²) >= 11 is 0. The summed E-state index contributed by atoms with van der Waals surface area (Å²) in [4.78, 5) is 11.4. The number of rotatable bonds is 11. The van der Waals surface area contributed by atoms with E-state index in [9.17, 15) is 4.79 Å². The van der Waals surface area contributed by atoms with Crippen LogP contribution < -0.4 is 5.73 Å². The van der Waals surface area contributed by atoms with Gasteiger partial charge in [-0.2, -0.15) is 0 Å². The largest absolute Gasteiger partial charge is 0.465 e. The molecule has 0 aromatic heterocycles. The number of hydrogen-bond donors (Lipinski definition) is 1. The van der Waals surface area contributed by atoms with Crippen LogP contribution in [0.4, 0.5) is 0 Å². The van der Waals surface area contributed by atoms with Crippen LogP contribution in [-0.4, -0.2) is 32.3 Å². The minimum Gasteiger partial charge on any atom is -0.465 e. The number of esters is 1. The van der Waals surface area contributed by atoms with Gasteiger partial charge in [0.25, 0.3) is 0 Å². The fraction of sp³-hybridized carbons (Fsp3) is 0.923. The fourth-order valence-corrected chi connectivity index (χ4v) is 1.55. The first kappa shape index (κ1) is 16.4. The van der Waals surface area contributed by atoms with Crippen molar-refractivity contribution in [2.45, 2.75) is 57.9 Å². The maximum absolute atomic E-state index is 11.4. The Kier molecular flexibility index (Phi) is 11.4. The van der Waals surface area contributed by atoms with E-state index in [4.69, 9.17) is 15.2 Å². The molecular formula is C13H27NO3. The first-order chi connectivity index (χ1) is 8.22. The first-order valence-corrected chi connectivity index (χ1v) is 6.63. The monoisotopic (exact) mass is 245 g/mol. The van der Waals surface area contributed by atoms with Gasteiger partial charge in [0.05, 0.1) is 6.61 Å². The molecule has 0 amide bonds. The average molecular weight is 245 g/mol. The second-order valence-electron chi connectivity index (χ2n) is 4.32. The normalized spacial score (nSPS) is 12.4. The van der Waals surface area contributed by atoms with E-state index in [-0.39, 0.29) is 5.97 Å². The zero-order valence-corrected chi connectivity index (χ0v) is 11.2.